The highest BCUT2D eigenvalue weighted by Crippen LogP contribution is 2.29. The Labute approximate surface area is 190 Å². The summed E-state index contributed by atoms with van der Waals surface area (Å²) in [6, 6.07) is 21.8. The molecule has 1 aliphatic heterocycles. The van der Waals surface area contributed by atoms with Crippen molar-refractivity contribution in [1.29, 1.82) is 0 Å². The van der Waals surface area contributed by atoms with E-state index in [1.807, 2.05) is 36.4 Å². The fourth-order valence-corrected chi connectivity index (χ4v) is 3.90. The van der Waals surface area contributed by atoms with Crippen molar-refractivity contribution in [3.05, 3.63) is 78.4 Å². The van der Waals surface area contributed by atoms with Crippen molar-refractivity contribution in [1.82, 2.24) is 10.2 Å². The van der Waals surface area contributed by atoms with Crippen LogP contribution >= 0.6 is 0 Å². The number of anilines is 2. The van der Waals surface area contributed by atoms with E-state index < -0.39 is 6.10 Å². The van der Waals surface area contributed by atoms with Crippen molar-refractivity contribution in [3.8, 4) is 11.5 Å². The first-order chi connectivity index (χ1) is 16.1. The van der Waals surface area contributed by atoms with Gasteiger partial charge >= 0.3 is 0 Å². The molecule has 0 radical (unpaired) electrons. The number of carbonyl (C=O) groups is 2. The van der Waals surface area contributed by atoms with Crippen LogP contribution in [0.25, 0.3) is 10.9 Å². The third kappa shape index (κ3) is 4.10. The molecular formula is C25H22N4O4. The first kappa shape index (κ1) is 20.6. The van der Waals surface area contributed by atoms with Gasteiger partial charge < -0.3 is 19.7 Å². The summed E-state index contributed by atoms with van der Waals surface area (Å²) >= 11 is 0. The topological polar surface area (TPSA) is 96.5 Å². The molecule has 0 bridgehead atoms. The van der Waals surface area contributed by atoms with Gasteiger partial charge in [-0.2, -0.15) is 5.10 Å². The molecule has 0 spiro atoms. The molecular weight excluding hydrogens is 420 g/mol. The molecule has 2 amide bonds. The van der Waals surface area contributed by atoms with Crippen LogP contribution in [0.5, 0.6) is 11.5 Å². The summed E-state index contributed by atoms with van der Waals surface area (Å²) in [5, 5.41) is 10.6. The number of para-hydroxylation sites is 1. The molecule has 3 aromatic carbocycles. The second kappa shape index (κ2) is 8.66. The largest absolute Gasteiger partial charge is 0.497 e. The molecule has 8 heteroatoms. The number of H-pyrrole nitrogens is 1. The van der Waals surface area contributed by atoms with E-state index in [4.69, 9.17) is 9.47 Å². The van der Waals surface area contributed by atoms with Crippen molar-refractivity contribution in [2.75, 3.05) is 23.9 Å². The highest BCUT2D eigenvalue weighted by Gasteiger charge is 2.34. The standard InChI is InChI=1S/C25H22N4O4/c1-32-18-9-5-6-16(14-18)24(30)26-23-20-15-19(10-11-21(20)27-28-23)33-22-12-13-29(25(22)31)17-7-3-2-4-8-17/h2-11,14-15,22H,12-13H2,1H3,(H2,26,27,28,30). The van der Waals surface area contributed by atoms with Gasteiger partial charge in [-0.15, -0.1) is 0 Å². The van der Waals surface area contributed by atoms with E-state index in [2.05, 4.69) is 15.5 Å². The van der Waals surface area contributed by atoms with Gasteiger partial charge in [0, 0.05) is 29.6 Å². The Balaban J connectivity index is 1.33. The Bertz CT molecular complexity index is 1320. The third-order valence-electron chi connectivity index (χ3n) is 5.60. The number of benzene rings is 3. The van der Waals surface area contributed by atoms with Crippen molar-refractivity contribution in [3.63, 3.8) is 0 Å². The Morgan fingerprint density at radius 1 is 1.06 bits per heavy atom. The molecule has 2 N–H and O–H groups in total. The number of hydrogen-bond acceptors (Lipinski definition) is 5. The van der Waals surface area contributed by atoms with Crippen molar-refractivity contribution >= 4 is 34.2 Å². The number of nitrogens with one attached hydrogen (secondary N) is 2. The molecule has 8 nitrogen and oxygen atoms in total. The maximum absolute atomic E-state index is 12.9. The Hall–Kier alpha value is -4.33. The summed E-state index contributed by atoms with van der Waals surface area (Å²) in [7, 11) is 1.55. The Kier molecular flexibility index (Phi) is 5.40. The molecule has 0 saturated carbocycles. The van der Waals surface area contributed by atoms with Crippen molar-refractivity contribution in [2.45, 2.75) is 12.5 Å². The zero-order chi connectivity index (χ0) is 22.8. The normalized spacial score (nSPS) is 15.6. The molecule has 1 fully saturated rings. The van der Waals surface area contributed by atoms with Gasteiger partial charge in [-0.3, -0.25) is 14.7 Å². The zero-order valence-electron chi connectivity index (χ0n) is 17.9. The molecule has 5 rings (SSSR count). The van der Waals surface area contributed by atoms with Gasteiger partial charge in [0.1, 0.15) is 11.5 Å². The third-order valence-corrected chi connectivity index (χ3v) is 5.60. The summed E-state index contributed by atoms with van der Waals surface area (Å²) in [5.74, 6) is 1.13. The minimum Gasteiger partial charge on any atom is -0.497 e. The fraction of sp³-hybridized carbons (Fsp3) is 0.160. The number of carbonyl (C=O) groups excluding carboxylic acids is 2. The summed E-state index contributed by atoms with van der Waals surface area (Å²) < 4.78 is 11.2. The lowest BCUT2D eigenvalue weighted by Gasteiger charge is -2.17. The average Bonchev–Trinajstić information content (AvgIpc) is 3.42. The Morgan fingerprint density at radius 3 is 2.73 bits per heavy atom. The molecule has 4 aromatic rings. The van der Waals surface area contributed by atoms with Gasteiger partial charge in [0.15, 0.2) is 11.9 Å². The highest BCUT2D eigenvalue weighted by molar-refractivity contribution is 6.08. The number of rotatable bonds is 6. The van der Waals surface area contributed by atoms with Crippen LogP contribution in [0.4, 0.5) is 11.5 Å². The minimum atomic E-state index is -0.565. The molecule has 1 aliphatic rings. The molecule has 0 aliphatic carbocycles. The number of amides is 2. The molecule has 33 heavy (non-hydrogen) atoms. The number of ether oxygens (including phenoxy) is 2. The maximum Gasteiger partial charge on any atom is 0.268 e. The van der Waals surface area contributed by atoms with E-state index in [1.54, 1.807) is 48.4 Å². The SMILES string of the molecule is COc1cccc(C(=O)Nc2n[nH]c3ccc(OC4CCN(c5ccccc5)C4=O)cc23)c1. The summed E-state index contributed by atoms with van der Waals surface area (Å²) in [6.07, 6.45) is 0.0284. The van der Waals surface area contributed by atoms with Gasteiger partial charge in [0.25, 0.3) is 11.8 Å². The van der Waals surface area contributed by atoms with Crippen LogP contribution < -0.4 is 19.7 Å². The molecule has 1 atom stereocenters. The van der Waals surface area contributed by atoms with Gasteiger partial charge in [0.2, 0.25) is 0 Å². The number of aromatic amines is 1. The highest BCUT2D eigenvalue weighted by atomic mass is 16.5. The van der Waals surface area contributed by atoms with Gasteiger partial charge in [-0.05, 0) is 48.5 Å². The quantitative estimate of drug-likeness (QED) is 0.470. The van der Waals surface area contributed by atoms with Crippen LogP contribution in [-0.2, 0) is 4.79 Å². The monoisotopic (exact) mass is 442 g/mol. The fourth-order valence-electron chi connectivity index (χ4n) is 3.90. The van der Waals surface area contributed by atoms with Crippen LogP contribution in [0.3, 0.4) is 0 Å². The number of methoxy groups -OCH3 is 1. The predicted octanol–water partition coefficient (Wildman–Crippen LogP) is 4.01. The first-order valence-electron chi connectivity index (χ1n) is 10.6. The minimum absolute atomic E-state index is 0.0694. The molecule has 1 aromatic heterocycles. The second-order valence-corrected chi connectivity index (χ2v) is 7.69. The van der Waals surface area contributed by atoms with E-state index in [0.29, 0.717) is 41.2 Å². The predicted molar refractivity (Wildman–Crippen MR) is 125 cm³/mol. The summed E-state index contributed by atoms with van der Waals surface area (Å²) in [4.78, 5) is 27.3. The van der Waals surface area contributed by atoms with E-state index >= 15 is 0 Å². The van der Waals surface area contributed by atoms with Crippen LogP contribution in [0.2, 0.25) is 0 Å². The number of nitrogens with zero attached hydrogens (tertiary/aromatic N) is 2. The molecule has 166 valence electrons. The van der Waals surface area contributed by atoms with Gasteiger partial charge in [-0.1, -0.05) is 24.3 Å². The lowest BCUT2D eigenvalue weighted by atomic mass is 10.2. The zero-order valence-corrected chi connectivity index (χ0v) is 17.9. The molecule has 1 unspecified atom stereocenters. The lowest BCUT2D eigenvalue weighted by molar-refractivity contribution is -0.122. The summed E-state index contributed by atoms with van der Waals surface area (Å²) in [5.41, 5.74) is 2.06. The van der Waals surface area contributed by atoms with Gasteiger partial charge in [-0.25, -0.2) is 0 Å². The summed E-state index contributed by atoms with van der Waals surface area (Å²) in [6.45, 7) is 0.601. The lowest BCUT2D eigenvalue weighted by Crippen LogP contribution is -2.32. The second-order valence-electron chi connectivity index (χ2n) is 7.69. The number of hydrogen-bond donors (Lipinski definition) is 2. The van der Waals surface area contributed by atoms with E-state index in [0.717, 1.165) is 11.2 Å². The molecule has 1 saturated heterocycles. The van der Waals surface area contributed by atoms with E-state index in [-0.39, 0.29) is 11.8 Å². The van der Waals surface area contributed by atoms with Crippen LogP contribution in [0.1, 0.15) is 16.8 Å². The van der Waals surface area contributed by atoms with E-state index in [9.17, 15) is 9.59 Å². The van der Waals surface area contributed by atoms with Crippen molar-refractivity contribution in [2.24, 2.45) is 0 Å². The van der Waals surface area contributed by atoms with Crippen molar-refractivity contribution < 1.29 is 19.1 Å². The maximum atomic E-state index is 12.9. The smallest absolute Gasteiger partial charge is 0.268 e. The first-order valence-corrected chi connectivity index (χ1v) is 10.6. The van der Waals surface area contributed by atoms with Crippen LogP contribution in [-0.4, -0.2) is 41.8 Å². The Morgan fingerprint density at radius 2 is 1.91 bits per heavy atom. The van der Waals surface area contributed by atoms with Gasteiger partial charge in [0.05, 0.1) is 12.6 Å². The molecule has 2 heterocycles. The average molecular weight is 442 g/mol. The van der Waals surface area contributed by atoms with Crippen LogP contribution in [0, 0.1) is 0 Å². The number of aromatic nitrogens is 2. The van der Waals surface area contributed by atoms with E-state index in [1.165, 1.54) is 0 Å². The van der Waals surface area contributed by atoms with Crippen LogP contribution in [0.15, 0.2) is 72.8 Å². The number of fused-ring (bicyclic) bond motifs is 1.